The third-order valence-corrected chi connectivity index (χ3v) is 2.76. The van der Waals surface area contributed by atoms with E-state index in [1.165, 1.54) is 0 Å². The van der Waals surface area contributed by atoms with Crippen LogP contribution in [0.15, 0.2) is 22.7 Å². The Morgan fingerprint density at radius 3 is 2.67 bits per heavy atom. The highest BCUT2D eigenvalue weighted by atomic mass is 79.9. The van der Waals surface area contributed by atoms with E-state index in [9.17, 15) is 5.11 Å². The molecule has 0 spiro atoms. The molecule has 0 saturated carbocycles. The molecule has 3 nitrogen and oxygen atoms in total. The van der Waals surface area contributed by atoms with E-state index in [-0.39, 0.29) is 24.4 Å². The van der Waals surface area contributed by atoms with Crippen LogP contribution in [0.4, 0.5) is 0 Å². The van der Waals surface area contributed by atoms with Gasteiger partial charge in [0, 0.05) is 22.1 Å². The first-order valence-electron chi connectivity index (χ1n) is 4.90. The van der Waals surface area contributed by atoms with E-state index in [1.807, 2.05) is 19.9 Å². The fraction of sp³-hybridized carbons (Fsp3) is 0.455. The summed E-state index contributed by atoms with van der Waals surface area (Å²) in [6.45, 7) is 3.93. The largest absolute Gasteiger partial charge is 0.508 e. The van der Waals surface area contributed by atoms with E-state index in [0.717, 1.165) is 10.0 Å². The molecular weight excluding hydrogens is 258 g/mol. The maximum absolute atomic E-state index is 9.67. The number of hydrogen-bond donors (Lipinski definition) is 3. The zero-order valence-corrected chi connectivity index (χ0v) is 10.5. The average Bonchev–Trinajstić information content (AvgIpc) is 2.21. The zero-order valence-electron chi connectivity index (χ0n) is 8.87. The van der Waals surface area contributed by atoms with Crippen molar-refractivity contribution in [1.82, 2.24) is 5.32 Å². The number of nitrogens with one attached hydrogen (secondary N) is 1. The number of halogens is 1. The summed E-state index contributed by atoms with van der Waals surface area (Å²) in [5.41, 5.74) is 0.824. The third kappa shape index (κ3) is 3.48. The Morgan fingerprint density at radius 1 is 1.40 bits per heavy atom. The summed E-state index contributed by atoms with van der Waals surface area (Å²) in [6.07, 6.45) is 0. The highest BCUT2D eigenvalue weighted by Gasteiger charge is 2.12. The minimum absolute atomic E-state index is 0.00431. The van der Waals surface area contributed by atoms with Gasteiger partial charge in [-0.1, -0.05) is 15.9 Å². The van der Waals surface area contributed by atoms with Gasteiger partial charge in [0.1, 0.15) is 5.75 Å². The molecule has 0 radical (unpaired) electrons. The molecule has 3 N–H and O–H groups in total. The molecule has 15 heavy (non-hydrogen) atoms. The lowest BCUT2D eigenvalue weighted by Gasteiger charge is -2.19. The second-order valence-electron chi connectivity index (χ2n) is 3.68. The Bertz CT molecular complexity index is 330. The van der Waals surface area contributed by atoms with Crippen molar-refractivity contribution in [2.75, 3.05) is 6.61 Å². The van der Waals surface area contributed by atoms with Gasteiger partial charge < -0.3 is 15.5 Å². The zero-order chi connectivity index (χ0) is 11.4. The Labute approximate surface area is 98.3 Å². The molecule has 2 atom stereocenters. The lowest BCUT2D eigenvalue weighted by Crippen LogP contribution is -2.31. The average molecular weight is 274 g/mol. The predicted octanol–water partition coefficient (Wildman–Crippen LogP) is 2.19. The topological polar surface area (TPSA) is 52.5 Å². The molecule has 0 aliphatic heterocycles. The molecule has 0 saturated heterocycles. The lowest BCUT2D eigenvalue weighted by atomic mass is 10.1. The standard InChI is InChI=1S/C11H16BrNO2/c1-7(6-14)13-8(2)10-5-9(12)3-4-11(10)15/h3-5,7-8,13-15H,6H2,1-2H3. The molecule has 0 aliphatic carbocycles. The molecule has 2 unspecified atom stereocenters. The number of aliphatic hydroxyl groups is 1. The molecule has 1 aromatic rings. The smallest absolute Gasteiger partial charge is 0.120 e. The Morgan fingerprint density at radius 2 is 2.07 bits per heavy atom. The number of aromatic hydroxyl groups is 1. The quantitative estimate of drug-likeness (QED) is 0.788. The van der Waals surface area contributed by atoms with Gasteiger partial charge in [-0.15, -0.1) is 0 Å². The lowest BCUT2D eigenvalue weighted by molar-refractivity contribution is 0.242. The van der Waals surface area contributed by atoms with Gasteiger partial charge in [0.15, 0.2) is 0 Å². The van der Waals surface area contributed by atoms with E-state index in [1.54, 1.807) is 12.1 Å². The highest BCUT2D eigenvalue weighted by Crippen LogP contribution is 2.27. The van der Waals surface area contributed by atoms with Gasteiger partial charge in [0.05, 0.1) is 6.61 Å². The first-order valence-corrected chi connectivity index (χ1v) is 5.69. The predicted molar refractivity (Wildman–Crippen MR) is 63.9 cm³/mol. The number of hydrogen-bond acceptors (Lipinski definition) is 3. The molecule has 0 aromatic heterocycles. The Kier molecular flexibility index (Phi) is 4.57. The number of rotatable bonds is 4. The summed E-state index contributed by atoms with van der Waals surface area (Å²) in [7, 11) is 0. The van der Waals surface area contributed by atoms with Crippen LogP contribution in [0.3, 0.4) is 0 Å². The van der Waals surface area contributed by atoms with Crippen molar-refractivity contribution in [2.24, 2.45) is 0 Å². The van der Waals surface area contributed by atoms with Crippen molar-refractivity contribution in [1.29, 1.82) is 0 Å². The fourth-order valence-corrected chi connectivity index (χ4v) is 1.82. The maximum Gasteiger partial charge on any atom is 0.120 e. The van der Waals surface area contributed by atoms with Crippen molar-refractivity contribution in [3.05, 3.63) is 28.2 Å². The normalized spacial score (nSPS) is 14.9. The molecule has 0 bridgehead atoms. The first-order chi connectivity index (χ1) is 7.04. The second-order valence-corrected chi connectivity index (χ2v) is 4.59. The van der Waals surface area contributed by atoms with Crippen molar-refractivity contribution in [3.8, 4) is 5.75 Å². The minimum Gasteiger partial charge on any atom is -0.508 e. The monoisotopic (exact) mass is 273 g/mol. The minimum atomic E-state index is 0.00431. The molecule has 0 amide bonds. The summed E-state index contributed by atoms with van der Waals surface area (Å²) in [5.74, 6) is 0.267. The van der Waals surface area contributed by atoms with Crippen molar-refractivity contribution >= 4 is 15.9 Å². The molecule has 1 aromatic carbocycles. The van der Waals surface area contributed by atoms with Gasteiger partial charge in [-0.3, -0.25) is 0 Å². The van der Waals surface area contributed by atoms with Crippen molar-refractivity contribution in [2.45, 2.75) is 25.9 Å². The van der Waals surface area contributed by atoms with E-state index in [2.05, 4.69) is 21.2 Å². The van der Waals surface area contributed by atoms with Crippen molar-refractivity contribution < 1.29 is 10.2 Å². The van der Waals surface area contributed by atoms with Crippen molar-refractivity contribution in [3.63, 3.8) is 0 Å². The van der Waals surface area contributed by atoms with Crippen LogP contribution in [0.5, 0.6) is 5.75 Å². The number of phenols is 1. The van der Waals surface area contributed by atoms with E-state index in [4.69, 9.17) is 5.11 Å². The molecule has 0 heterocycles. The molecule has 84 valence electrons. The van der Waals surface area contributed by atoms with Crippen LogP contribution in [0.2, 0.25) is 0 Å². The molecule has 0 fully saturated rings. The van der Waals surface area contributed by atoms with Crippen LogP contribution in [0.25, 0.3) is 0 Å². The number of phenolic OH excluding ortho intramolecular Hbond substituents is 1. The van der Waals surface area contributed by atoms with Crippen LogP contribution >= 0.6 is 15.9 Å². The SMILES string of the molecule is CC(CO)NC(C)c1cc(Br)ccc1O. The first kappa shape index (κ1) is 12.5. The van der Waals surface area contributed by atoms with E-state index in [0.29, 0.717) is 0 Å². The van der Waals surface area contributed by atoms with Crippen LogP contribution in [0, 0.1) is 0 Å². The maximum atomic E-state index is 9.67. The third-order valence-electron chi connectivity index (χ3n) is 2.26. The van der Waals surface area contributed by atoms with E-state index < -0.39 is 0 Å². The van der Waals surface area contributed by atoms with Gasteiger partial charge in [0.2, 0.25) is 0 Å². The number of benzene rings is 1. The fourth-order valence-electron chi connectivity index (χ4n) is 1.44. The Hall–Kier alpha value is -0.580. The molecular formula is C11H16BrNO2. The summed E-state index contributed by atoms with van der Waals surface area (Å²) in [6, 6.07) is 5.34. The van der Waals surface area contributed by atoms with Crippen LogP contribution in [0.1, 0.15) is 25.5 Å². The molecule has 1 rings (SSSR count). The highest BCUT2D eigenvalue weighted by molar-refractivity contribution is 9.10. The Balaban J connectivity index is 2.80. The van der Waals surface area contributed by atoms with Gasteiger partial charge in [-0.05, 0) is 32.0 Å². The van der Waals surface area contributed by atoms with Crippen LogP contribution in [-0.2, 0) is 0 Å². The van der Waals surface area contributed by atoms with Gasteiger partial charge in [-0.25, -0.2) is 0 Å². The summed E-state index contributed by atoms with van der Waals surface area (Å²) in [4.78, 5) is 0. The summed E-state index contributed by atoms with van der Waals surface area (Å²) in [5, 5.41) is 21.8. The number of aliphatic hydroxyl groups excluding tert-OH is 1. The van der Waals surface area contributed by atoms with E-state index >= 15 is 0 Å². The van der Waals surface area contributed by atoms with Gasteiger partial charge in [0.25, 0.3) is 0 Å². The van der Waals surface area contributed by atoms with Gasteiger partial charge >= 0.3 is 0 Å². The van der Waals surface area contributed by atoms with Gasteiger partial charge in [-0.2, -0.15) is 0 Å². The molecule has 4 heteroatoms. The van der Waals surface area contributed by atoms with Crippen LogP contribution in [-0.4, -0.2) is 22.9 Å². The summed E-state index contributed by atoms with van der Waals surface area (Å²) >= 11 is 3.36. The summed E-state index contributed by atoms with van der Waals surface area (Å²) < 4.78 is 0.931. The molecule has 0 aliphatic rings. The van der Waals surface area contributed by atoms with Crippen LogP contribution < -0.4 is 5.32 Å². The second kappa shape index (κ2) is 5.49.